The van der Waals surface area contributed by atoms with Gasteiger partial charge in [-0.2, -0.15) is 10.3 Å². The van der Waals surface area contributed by atoms with Gasteiger partial charge in [0.05, 0.1) is 5.56 Å². The van der Waals surface area contributed by atoms with E-state index in [0.717, 1.165) is 31.1 Å². The molecule has 9 heteroatoms. The van der Waals surface area contributed by atoms with Gasteiger partial charge in [-0.05, 0) is 43.5 Å². The lowest BCUT2D eigenvalue weighted by molar-refractivity contribution is -0.121. The number of carbonyl (C=O) groups excluding carboxylic acids is 3. The molecule has 2 amide bonds. The highest BCUT2D eigenvalue weighted by atomic mass is 32.2. The van der Waals surface area contributed by atoms with Crippen LogP contribution in [0.4, 0.5) is 5.69 Å². The van der Waals surface area contributed by atoms with Crippen LogP contribution in [0.2, 0.25) is 0 Å². The van der Waals surface area contributed by atoms with Gasteiger partial charge in [0, 0.05) is 25.2 Å². The van der Waals surface area contributed by atoms with Gasteiger partial charge in [-0.15, -0.1) is 0 Å². The molecular formula is C19H20N4O4S. The number of nitriles is 1. The summed E-state index contributed by atoms with van der Waals surface area (Å²) in [6.07, 6.45) is 3.43. The molecule has 0 radical (unpaired) electrons. The zero-order valence-electron chi connectivity index (χ0n) is 15.2. The second kappa shape index (κ2) is 9.37. The molecule has 1 atom stereocenters. The fraction of sp³-hybridized carbons (Fsp3) is 0.421. The number of hydrogen-bond donors (Lipinski definition) is 1. The van der Waals surface area contributed by atoms with Gasteiger partial charge in [0.1, 0.15) is 11.3 Å². The number of thioether (sulfide) groups is 1. The Morgan fingerprint density at radius 2 is 1.96 bits per heavy atom. The molecule has 0 saturated carbocycles. The summed E-state index contributed by atoms with van der Waals surface area (Å²) >= 11 is 1.36. The number of amidine groups is 1. The lowest BCUT2D eigenvalue weighted by Gasteiger charge is -2.27. The number of hydrogen-bond acceptors (Lipinski definition) is 7. The number of rotatable bonds is 5. The molecule has 1 fully saturated rings. The number of ether oxygens (including phenoxy) is 1. The minimum absolute atomic E-state index is 0.0380. The van der Waals surface area contributed by atoms with Crippen molar-refractivity contribution < 1.29 is 19.1 Å². The van der Waals surface area contributed by atoms with Crippen molar-refractivity contribution in [2.24, 2.45) is 4.99 Å². The van der Waals surface area contributed by atoms with Crippen LogP contribution >= 0.6 is 11.8 Å². The number of amides is 2. The standard InChI is InChI=1S/C19H20N4O4S/c20-8-11-27-18(26)13-4-6-14(7-5-13)21-16(24)12-15-17(25)22-19(28-15)23-9-2-1-3-10-23/h4-7,15H,1-3,9-12H2,(H,21,24)/t15-/m0/s1. The minimum Gasteiger partial charge on any atom is -0.447 e. The second-order valence-electron chi connectivity index (χ2n) is 6.45. The zero-order chi connectivity index (χ0) is 19.9. The number of esters is 1. The first-order valence-electron chi connectivity index (χ1n) is 9.05. The van der Waals surface area contributed by atoms with Crippen LogP contribution in [0.5, 0.6) is 0 Å². The molecule has 3 rings (SSSR count). The molecule has 1 saturated heterocycles. The maximum Gasteiger partial charge on any atom is 0.339 e. The first-order chi connectivity index (χ1) is 13.6. The van der Waals surface area contributed by atoms with E-state index in [1.165, 1.54) is 30.3 Å². The molecule has 2 heterocycles. The van der Waals surface area contributed by atoms with Crippen LogP contribution in [0.25, 0.3) is 0 Å². The molecule has 0 aromatic heterocycles. The van der Waals surface area contributed by atoms with Crippen molar-refractivity contribution in [1.82, 2.24) is 4.90 Å². The molecule has 146 valence electrons. The summed E-state index contributed by atoms with van der Waals surface area (Å²) in [6.45, 7) is 1.49. The van der Waals surface area contributed by atoms with Gasteiger partial charge in [0.25, 0.3) is 5.91 Å². The van der Waals surface area contributed by atoms with Crippen molar-refractivity contribution in [1.29, 1.82) is 5.26 Å². The Balaban J connectivity index is 1.50. The van der Waals surface area contributed by atoms with E-state index in [2.05, 4.69) is 15.2 Å². The molecule has 28 heavy (non-hydrogen) atoms. The highest BCUT2D eigenvalue weighted by Crippen LogP contribution is 2.29. The smallest absolute Gasteiger partial charge is 0.339 e. The summed E-state index contributed by atoms with van der Waals surface area (Å²) < 4.78 is 4.71. The predicted octanol–water partition coefficient (Wildman–Crippen LogP) is 2.18. The predicted molar refractivity (Wildman–Crippen MR) is 105 cm³/mol. The quantitative estimate of drug-likeness (QED) is 0.754. The lowest BCUT2D eigenvalue weighted by Crippen LogP contribution is -2.33. The van der Waals surface area contributed by atoms with Gasteiger partial charge < -0.3 is 15.0 Å². The van der Waals surface area contributed by atoms with Crippen molar-refractivity contribution in [2.75, 3.05) is 25.0 Å². The molecule has 2 aliphatic rings. The summed E-state index contributed by atoms with van der Waals surface area (Å²) in [5.74, 6) is -1.16. The summed E-state index contributed by atoms with van der Waals surface area (Å²) in [6, 6.07) is 7.87. The number of piperidine rings is 1. The van der Waals surface area contributed by atoms with Crippen LogP contribution < -0.4 is 5.32 Å². The second-order valence-corrected chi connectivity index (χ2v) is 7.62. The van der Waals surface area contributed by atoms with Gasteiger partial charge in [-0.3, -0.25) is 9.59 Å². The molecule has 8 nitrogen and oxygen atoms in total. The van der Waals surface area contributed by atoms with Crippen LogP contribution in [0, 0.1) is 11.3 Å². The Kier molecular flexibility index (Phi) is 6.66. The van der Waals surface area contributed by atoms with Crippen molar-refractivity contribution in [3.8, 4) is 6.07 Å². The van der Waals surface area contributed by atoms with E-state index < -0.39 is 11.2 Å². The molecule has 1 aromatic rings. The highest BCUT2D eigenvalue weighted by molar-refractivity contribution is 8.15. The number of anilines is 1. The molecule has 0 unspecified atom stereocenters. The van der Waals surface area contributed by atoms with Gasteiger partial charge >= 0.3 is 5.97 Å². The third-order valence-corrected chi connectivity index (χ3v) is 5.61. The number of carbonyl (C=O) groups is 3. The molecule has 2 aliphatic heterocycles. The average molecular weight is 400 g/mol. The van der Waals surface area contributed by atoms with Gasteiger partial charge in [0.2, 0.25) is 5.91 Å². The lowest BCUT2D eigenvalue weighted by atomic mass is 10.1. The highest BCUT2D eigenvalue weighted by Gasteiger charge is 2.33. The van der Waals surface area contributed by atoms with Crippen LogP contribution in [0.3, 0.4) is 0 Å². The normalized spacial score (nSPS) is 19.0. The molecule has 0 aliphatic carbocycles. The largest absolute Gasteiger partial charge is 0.447 e. The van der Waals surface area contributed by atoms with Crippen LogP contribution in [-0.2, 0) is 14.3 Å². The molecule has 1 N–H and O–H groups in total. The molecule has 1 aromatic carbocycles. The van der Waals surface area contributed by atoms with E-state index in [1.807, 2.05) is 0 Å². The van der Waals surface area contributed by atoms with Gasteiger partial charge in [-0.25, -0.2) is 4.79 Å². The van der Waals surface area contributed by atoms with Crippen LogP contribution in [0.15, 0.2) is 29.3 Å². The first kappa shape index (κ1) is 19.9. The first-order valence-corrected chi connectivity index (χ1v) is 9.93. The fourth-order valence-corrected chi connectivity index (χ4v) is 4.10. The summed E-state index contributed by atoms with van der Waals surface area (Å²) in [7, 11) is 0. The monoisotopic (exact) mass is 400 g/mol. The third kappa shape index (κ3) is 5.10. The van der Waals surface area contributed by atoms with E-state index >= 15 is 0 Å². The van der Waals surface area contributed by atoms with Crippen molar-refractivity contribution in [2.45, 2.75) is 30.9 Å². The molecular weight excluding hydrogens is 380 g/mol. The van der Waals surface area contributed by atoms with E-state index in [0.29, 0.717) is 5.69 Å². The molecule has 0 spiro atoms. The number of nitrogens with zero attached hydrogens (tertiary/aromatic N) is 3. The number of likely N-dealkylation sites (tertiary alicyclic amines) is 1. The molecule has 0 bridgehead atoms. The maximum absolute atomic E-state index is 12.3. The van der Waals surface area contributed by atoms with E-state index in [4.69, 9.17) is 10.00 Å². The fourth-order valence-electron chi connectivity index (χ4n) is 2.98. The Morgan fingerprint density at radius 3 is 2.64 bits per heavy atom. The van der Waals surface area contributed by atoms with E-state index in [-0.39, 0.29) is 30.4 Å². The van der Waals surface area contributed by atoms with Crippen LogP contribution in [0.1, 0.15) is 36.0 Å². The summed E-state index contributed by atoms with van der Waals surface area (Å²) in [5.41, 5.74) is 0.795. The minimum atomic E-state index is -0.602. The Labute approximate surface area is 166 Å². The number of nitrogens with one attached hydrogen (secondary N) is 1. The maximum atomic E-state index is 12.3. The Morgan fingerprint density at radius 1 is 1.25 bits per heavy atom. The van der Waals surface area contributed by atoms with Gasteiger partial charge in [-0.1, -0.05) is 11.8 Å². The third-order valence-electron chi connectivity index (χ3n) is 4.40. The van der Waals surface area contributed by atoms with E-state index in [1.54, 1.807) is 18.2 Å². The summed E-state index contributed by atoms with van der Waals surface area (Å²) in [4.78, 5) is 42.3. The Bertz CT molecular complexity index is 825. The van der Waals surface area contributed by atoms with Crippen molar-refractivity contribution >= 4 is 40.4 Å². The van der Waals surface area contributed by atoms with Crippen LogP contribution in [-0.4, -0.2) is 52.8 Å². The van der Waals surface area contributed by atoms with E-state index in [9.17, 15) is 14.4 Å². The Hall–Kier alpha value is -2.86. The average Bonchev–Trinajstić information content (AvgIpc) is 3.07. The number of aliphatic imine (C=N–C) groups is 1. The topological polar surface area (TPSA) is 112 Å². The number of benzene rings is 1. The van der Waals surface area contributed by atoms with Gasteiger partial charge in [0.15, 0.2) is 11.8 Å². The van der Waals surface area contributed by atoms with Crippen molar-refractivity contribution in [3.63, 3.8) is 0 Å². The van der Waals surface area contributed by atoms with Crippen molar-refractivity contribution in [3.05, 3.63) is 29.8 Å². The zero-order valence-corrected chi connectivity index (χ0v) is 16.0. The SMILES string of the molecule is N#CCOC(=O)c1ccc(NC(=O)C[C@@H]2SC(N3CCCCC3)=NC2=O)cc1. The summed E-state index contributed by atoms with van der Waals surface area (Å²) in [5, 5.41) is 11.4.